The molecular weight excluding hydrogens is 158 g/mol. The molecule has 0 saturated heterocycles. The number of rotatable bonds is 0. The van der Waals surface area contributed by atoms with Crippen LogP contribution in [0.5, 0.6) is 0 Å². The van der Waals surface area contributed by atoms with E-state index in [1.165, 1.54) is 19.3 Å². The Balaban J connectivity index is -0.000000163. The van der Waals surface area contributed by atoms with Crippen molar-refractivity contribution in [2.45, 2.75) is 38.1 Å². The van der Waals surface area contributed by atoms with Crippen molar-refractivity contribution >= 4 is 0 Å². The van der Waals surface area contributed by atoms with E-state index in [4.69, 9.17) is 5.73 Å². The standard InChI is InChI=1S/C6H12N.2CH3.Ti/c7-6-4-2-1-3-5-6;;;/h6-7H,1-5H2;2*1H3;/q3*-1;+3. The Morgan fingerprint density at radius 1 is 0.900 bits per heavy atom. The molecule has 1 nitrogen and oxygen atoms in total. The zero-order valence-corrected chi connectivity index (χ0v) is 8.67. The smallest absolute Gasteiger partial charge is 0.675 e. The summed E-state index contributed by atoms with van der Waals surface area (Å²) in [6.45, 7) is 0. The first kappa shape index (κ1) is 17.0. The minimum Gasteiger partial charge on any atom is -0.675 e. The topological polar surface area (TPSA) is 23.8 Å². The van der Waals surface area contributed by atoms with Crippen LogP contribution in [0.25, 0.3) is 5.73 Å². The van der Waals surface area contributed by atoms with Crippen LogP contribution in [0.2, 0.25) is 0 Å². The summed E-state index contributed by atoms with van der Waals surface area (Å²) >= 11 is 0. The second-order valence-electron chi connectivity index (χ2n) is 2.33. The van der Waals surface area contributed by atoms with Crippen molar-refractivity contribution in [1.82, 2.24) is 0 Å². The van der Waals surface area contributed by atoms with E-state index < -0.39 is 0 Å². The van der Waals surface area contributed by atoms with Crippen LogP contribution in [0.1, 0.15) is 32.1 Å². The van der Waals surface area contributed by atoms with Crippen LogP contribution in [0, 0.1) is 14.9 Å². The van der Waals surface area contributed by atoms with Crippen molar-refractivity contribution in [3.05, 3.63) is 20.6 Å². The molecule has 1 aliphatic rings. The van der Waals surface area contributed by atoms with E-state index >= 15 is 0 Å². The van der Waals surface area contributed by atoms with Gasteiger partial charge in [-0.3, -0.25) is 0 Å². The molecule has 1 radical (unpaired) electrons. The Hall–Kier alpha value is 0.674. The molecule has 1 aliphatic carbocycles. The fourth-order valence-electron chi connectivity index (χ4n) is 1.10. The third kappa shape index (κ3) is 6.79. The maximum Gasteiger partial charge on any atom is 3.00 e. The molecule has 1 rings (SSSR count). The molecule has 1 N–H and O–H groups in total. The maximum absolute atomic E-state index is 7.27. The quantitative estimate of drug-likeness (QED) is 0.399. The predicted molar refractivity (Wildman–Crippen MR) is 44.0 cm³/mol. The van der Waals surface area contributed by atoms with Gasteiger partial charge in [-0.1, -0.05) is 32.1 Å². The molecule has 0 aromatic rings. The van der Waals surface area contributed by atoms with E-state index in [0.717, 1.165) is 12.8 Å². The van der Waals surface area contributed by atoms with Crippen molar-refractivity contribution in [3.63, 3.8) is 0 Å². The summed E-state index contributed by atoms with van der Waals surface area (Å²) in [6.07, 6.45) is 6.28. The van der Waals surface area contributed by atoms with Crippen molar-refractivity contribution in [3.8, 4) is 0 Å². The van der Waals surface area contributed by atoms with Crippen molar-refractivity contribution in [1.29, 1.82) is 0 Å². The monoisotopic (exact) mass is 176 g/mol. The van der Waals surface area contributed by atoms with Gasteiger partial charge in [-0.2, -0.15) is 0 Å². The van der Waals surface area contributed by atoms with Crippen LogP contribution in [-0.2, 0) is 21.7 Å². The molecule has 59 valence electrons. The van der Waals surface area contributed by atoms with Gasteiger partial charge in [0.15, 0.2) is 0 Å². The fraction of sp³-hybridized carbons (Fsp3) is 0.750. The van der Waals surface area contributed by atoms with E-state index in [2.05, 4.69) is 0 Å². The van der Waals surface area contributed by atoms with Gasteiger partial charge < -0.3 is 20.6 Å². The van der Waals surface area contributed by atoms with Gasteiger partial charge in [-0.15, -0.1) is 6.04 Å². The summed E-state index contributed by atoms with van der Waals surface area (Å²) in [4.78, 5) is 0. The summed E-state index contributed by atoms with van der Waals surface area (Å²) in [5, 5.41) is 0. The Morgan fingerprint density at radius 2 is 1.30 bits per heavy atom. The zero-order valence-electron chi connectivity index (χ0n) is 7.11. The molecule has 0 atom stereocenters. The van der Waals surface area contributed by atoms with Crippen LogP contribution in [0.15, 0.2) is 0 Å². The normalized spacial score (nSPS) is 17.7. The Labute approximate surface area is 80.6 Å². The molecule has 0 aromatic carbocycles. The molecule has 1 fully saturated rings. The van der Waals surface area contributed by atoms with Gasteiger partial charge in [0.2, 0.25) is 0 Å². The second kappa shape index (κ2) is 9.67. The molecule has 1 saturated carbocycles. The molecule has 2 heteroatoms. The average Bonchev–Trinajstić information content (AvgIpc) is 1.69. The van der Waals surface area contributed by atoms with Crippen molar-refractivity contribution in [2.24, 2.45) is 0 Å². The number of nitrogens with one attached hydrogen (secondary N) is 1. The number of hydrogen-bond donors (Lipinski definition) is 0. The van der Waals surface area contributed by atoms with Gasteiger partial charge in [0.05, 0.1) is 0 Å². The van der Waals surface area contributed by atoms with Crippen LogP contribution in [0.3, 0.4) is 0 Å². The van der Waals surface area contributed by atoms with Gasteiger partial charge in [-0.05, 0) is 0 Å². The van der Waals surface area contributed by atoms with E-state index in [1.54, 1.807) is 0 Å². The molecule has 0 aromatic heterocycles. The molecule has 10 heavy (non-hydrogen) atoms. The molecule has 0 aliphatic heterocycles. The summed E-state index contributed by atoms with van der Waals surface area (Å²) in [7, 11) is 0. The van der Waals surface area contributed by atoms with E-state index in [-0.39, 0.29) is 42.6 Å². The van der Waals surface area contributed by atoms with Crippen LogP contribution < -0.4 is 0 Å². The van der Waals surface area contributed by atoms with Gasteiger partial charge in [0.25, 0.3) is 0 Å². The summed E-state index contributed by atoms with van der Waals surface area (Å²) in [6, 6.07) is 0.286. The largest absolute Gasteiger partial charge is 3.00 e. The molecular formula is C8H18NTi. The van der Waals surface area contributed by atoms with E-state index in [1.807, 2.05) is 0 Å². The van der Waals surface area contributed by atoms with E-state index in [0.29, 0.717) is 0 Å². The Bertz CT molecular complexity index is 51.2. The van der Waals surface area contributed by atoms with Gasteiger partial charge in [0.1, 0.15) is 0 Å². The third-order valence-electron chi connectivity index (χ3n) is 1.61. The first-order chi connectivity index (χ1) is 3.39. The zero-order chi connectivity index (χ0) is 5.11. The van der Waals surface area contributed by atoms with E-state index in [9.17, 15) is 0 Å². The Morgan fingerprint density at radius 3 is 1.50 bits per heavy atom. The van der Waals surface area contributed by atoms with Crippen LogP contribution in [0.4, 0.5) is 0 Å². The van der Waals surface area contributed by atoms with Crippen molar-refractivity contribution in [2.75, 3.05) is 0 Å². The number of hydrogen-bond acceptors (Lipinski definition) is 0. The summed E-state index contributed by atoms with van der Waals surface area (Å²) in [5.74, 6) is 0. The Kier molecular flexibility index (Phi) is 16.4. The molecule has 0 bridgehead atoms. The average molecular weight is 176 g/mol. The first-order valence-electron chi connectivity index (χ1n) is 3.11. The minimum absolute atomic E-state index is 0. The molecule has 0 spiro atoms. The minimum atomic E-state index is 0. The predicted octanol–water partition coefficient (Wildman–Crippen LogP) is 3.27. The van der Waals surface area contributed by atoms with Gasteiger partial charge in [0, 0.05) is 0 Å². The van der Waals surface area contributed by atoms with Crippen LogP contribution >= 0.6 is 0 Å². The van der Waals surface area contributed by atoms with Crippen LogP contribution in [-0.4, -0.2) is 6.04 Å². The van der Waals surface area contributed by atoms with Crippen molar-refractivity contribution < 1.29 is 21.7 Å². The SMILES string of the molecule is [CH3-].[CH3-].[NH-]C1CCCCC1.[Ti+3]. The summed E-state index contributed by atoms with van der Waals surface area (Å²) < 4.78 is 0. The molecule has 0 amide bonds. The summed E-state index contributed by atoms with van der Waals surface area (Å²) in [5.41, 5.74) is 7.27. The fourth-order valence-corrected chi connectivity index (χ4v) is 1.10. The second-order valence-corrected chi connectivity index (χ2v) is 2.33. The first-order valence-corrected chi connectivity index (χ1v) is 3.11. The van der Waals surface area contributed by atoms with Gasteiger partial charge >= 0.3 is 21.7 Å². The van der Waals surface area contributed by atoms with Gasteiger partial charge in [-0.25, -0.2) is 0 Å². The third-order valence-corrected chi connectivity index (χ3v) is 1.61. The maximum atomic E-state index is 7.27. The molecule has 0 heterocycles. The molecule has 0 unspecified atom stereocenters.